The van der Waals surface area contributed by atoms with E-state index in [1.54, 1.807) is 19.1 Å². The van der Waals surface area contributed by atoms with Crippen LogP contribution in [0.5, 0.6) is 5.75 Å². The molecule has 0 fully saturated rings. The Balaban J connectivity index is 2.82. The smallest absolute Gasteiger partial charge is 0.387 e. The standard InChI is InChI=1S/C13H18F2N2O2/c1-7(2)11(16)12(18)17-9-5-4-8(3)10(6-9)19-13(14)15/h4-7,11,13H,16H2,1-3H3,(H,17,18)/t11-/m0/s1. The molecule has 0 saturated carbocycles. The number of halogens is 2. The Morgan fingerprint density at radius 1 is 1.37 bits per heavy atom. The van der Waals surface area contributed by atoms with Crippen LogP contribution in [0.25, 0.3) is 0 Å². The lowest BCUT2D eigenvalue weighted by molar-refractivity contribution is -0.118. The van der Waals surface area contributed by atoms with Gasteiger partial charge in [-0.3, -0.25) is 4.79 Å². The van der Waals surface area contributed by atoms with E-state index < -0.39 is 12.7 Å². The second-order valence-electron chi connectivity index (χ2n) is 4.62. The Morgan fingerprint density at radius 3 is 2.53 bits per heavy atom. The zero-order valence-electron chi connectivity index (χ0n) is 11.1. The summed E-state index contributed by atoms with van der Waals surface area (Å²) in [5, 5.41) is 2.58. The first-order valence-electron chi connectivity index (χ1n) is 5.93. The van der Waals surface area contributed by atoms with E-state index in [9.17, 15) is 13.6 Å². The van der Waals surface area contributed by atoms with Gasteiger partial charge in [-0.2, -0.15) is 8.78 Å². The van der Waals surface area contributed by atoms with Crippen molar-refractivity contribution in [2.75, 3.05) is 5.32 Å². The van der Waals surface area contributed by atoms with Gasteiger partial charge in [0.25, 0.3) is 0 Å². The first kappa shape index (κ1) is 15.4. The van der Waals surface area contributed by atoms with E-state index in [1.807, 2.05) is 13.8 Å². The van der Waals surface area contributed by atoms with E-state index in [2.05, 4.69) is 10.1 Å². The fourth-order valence-electron chi connectivity index (χ4n) is 1.43. The van der Waals surface area contributed by atoms with E-state index in [-0.39, 0.29) is 17.6 Å². The minimum atomic E-state index is -2.90. The number of alkyl halides is 2. The molecule has 1 aromatic rings. The largest absolute Gasteiger partial charge is 0.434 e. The molecule has 1 aromatic carbocycles. The number of carbonyl (C=O) groups is 1. The summed E-state index contributed by atoms with van der Waals surface area (Å²) in [6, 6.07) is 3.90. The van der Waals surface area contributed by atoms with E-state index in [1.165, 1.54) is 6.07 Å². The fraction of sp³-hybridized carbons (Fsp3) is 0.462. The summed E-state index contributed by atoms with van der Waals surface area (Å²) in [6.07, 6.45) is 0. The molecular weight excluding hydrogens is 254 g/mol. The Hall–Kier alpha value is -1.69. The molecule has 0 spiro atoms. The van der Waals surface area contributed by atoms with Gasteiger partial charge in [-0.1, -0.05) is 19.9 Å². The van der Waals surface area contributed by atoms with Gasteiger partial charge in [-0.05, 0) is 24.5 Å². The van der Waals surface area contributed by atoms with Crippen LogP contribution in [-0.2, 0) is 4.79 Å². The predicted octanol–water partition coefficient (Wildman–Crippen LogP) is 2.52. The number of amides is 1. The van der Waals surface area contributed by atoms with Gasteiger partial charge in [0.1, 0.15) is 5.75 Å². The van der Waals surface area contributed by atoms with Crippen LogP contribution in [0.1, 0.15) is 19.4 Å². The highest BCUT2D eigenvalue weighted by Gasteiger charge is 2.17. The second kappa shape index (κ2) is 6.47. The van der Waals surface area contributed by atoms with Gasteiger partial charge in [0.15, 0.2) is 0 Å². The molecule has 0 heterocycles. The minimum absolute atomic E-state index is 0.0118. The molecule has 3 N–H and O–H groups in total. The van der Waals surface area contributed by atoms with Gasteiger partial charge >= 0.3 is 6.61 Å². The van der Waals surface area contributed by atoms with Gasteiger partial charge in [-0.15, -0.1) is 0 Å². The summed E-state index contributed by atoms with van der Waals surface area (Å²) in [4.78, 5) is 11.7. The Bertz CT molecular complexity index is 450. The van der Waals surface area contributed by atoms with Crippen molar-refractivity contribution in [3.8, 4) is 5.75 Å². The zero-order chi connectivity index (χ0) is 14.6. The van der Waals surface area contributed by atoms with Gasteiger partial charge in [0.2, 0.25) is 5.91 Å². The predicted molar refractivity (Wildman–Crippen MR) is 69.3 cm³/mol. The van der Waals surface area contributed by atoms with Crippen molar-refractivity contribution >= 4 is 11.6 Å². The first-order chi connectivity index (χ1) is 8.81. The summed E-state index contributed by atoms with van der Waals surface area (Å²) >= 11 is 0. The Labute approximate surface area is 110 Å². The van der Waals surface area contributed by atoms with Crippen LogP contribution >= 0.6 is 0 Å². The molecule has 0 aliphatic heterocycles. The van der Waals surface area contributed by atoms with Crippen molar-refractivity contribution in [1.29, 1.82) is 0 Å². The van der Waals surface area contributed by atoms with Crippen molar-refractivity contribution in [3.63, 3.8) is 0 Å². The van der Waals surface area contributed by atoms with Crippen LogP contribution in [0.3, 0.4) is 0 Å². The average molecular weight is 272 g/mol. The molecule has 1 atom stereocenters. The molecule has 1 amide bonds. The summed E-state index contributed by atoms with van der Waals surface area (Å²) < 4.78 is 28.8. The maximum atomic E-state index is 12.2. The summed E-state index contributed by atoms with van der Waals surface area (Å²) in [5.74, 6) is -0.338. The number of ether oxygens (including phenoxy) is 1. The van der Waals surface area contributed by atoms with Crippen molar-refractivity contribution in [3.05, 3.63) is 23.8 Å². The summed E-state index contributed by atoms with van der Waals surface area (Å²) in [6.45, 7) is 2.39. The second-order valence-corrected chi connectivity index (χ2v) is 4.62. The molecular formula is C13H18F2N2O2. The maximum absolute atomic E-state index is 12.2. The number of hydrogen-bond donors (Lipinski definition) is 2. The number of anilines is 1. The lowest BCUT2D eigenvalue weighted by Crippen LogP contribution is -2.39. The van der Waals surface area contributed by atoms with Crippen LogP contribution in [-0.4, -0.2) is 18.6 Å². The molecule has 19 heavy (non-hydrogen) atoms. The third-order valence-electron chi connectivity index (χ3n) is 2.69. The summed E-state index contributed by atoms with van der Waals surface area (Å²) in [5.41, 5.74) is 6.63. The summed E-state index contributed by atoms with van der Waals surface area (Å²) in [7, 11) is 0. The molecule has 6 heteroatoms. The Morgan fingerprint density at radius 2 is 2.00 bits per heavy atom. The third-order valence-corrected chi connectivity index (χ3v) is 2.69. The highest BCUT2D eigenvalue weighted by atomic mass is 19.3. The molecule has 0 saturated heterocycles. The normalized spacial score (nSPS) is 12.6. The SMILES string of the molecule is Cc1ccc(NC(=O)[C@@H](N)C(C)C)cc1OC(F)F. The molecule has 0 bridgehead atoms. The van der Waals surface area contributed by atoms with Crippen molar-refractivity contribution in [1.82, 2.24) is 0 Å². The van der Waals surface area contributed by atoms with Crippen LogP contribution in [0.2, 0.25) is 0 Å². The molecule has 0 unspecified atom stereocenters. The average Bonchev–Trinajstić information content (AvgIpc) is 2.31. The molecule has 0 radical (unpaired) electrons. The van der Waals surface area contributed by atoms with Gasteiger partial charge in [-0.25, -0.2) is 0 Å². The molecule has 0 aliphatic carbocycles. The van der Waals surface area contributed by atoms with E-state index >= 15 is 0 Å². The number of hydrogen-bond acceptors (Lipinski definition) is 3. The lowest BCUT2D eigenvalue weighted by atomic mass is 10.0. The zero-order valence-corrected chi connectivity index (χ0v) is 11.1. The van der Waals surface area contributed by atoms with E-state index in [0.29, 0.717) is 11.3 Å². The van der Waals surface area contributed by atoms with Crippen molar-refractivity contribution in [2.45, 2.75) is 33.4 Å². The van der Waals surface area contributed by atoms with Crippen molar-refractivity contribution < 1.29 is 18.3 Å². The highest BCUT2D eigenvalue weighted by Crippen LogP contribution is 2.24. The lowest BCUT2D eigenvalue weighted by Gasteiger charge is -2.16. The topological polar surface area (TPSA) is 64.4 Å². The molecule has 1 rings (SSSR count). The number of rotatable bonds is 5. The van der Waals surface area contributed by atoms with Crippen LogP contribution in [0.4, 0.5) is 14.5 Å². The molecule has 0 aliphatic rings. The van der Waals surface area contributed by atoms with Crippen molar-refractivity contribution in [2.24, 2.45) is 11.7 Å². The fourth-order valence-corrected chi connectivity index (χ4v) is 1.43. The minimum Gasteiger partial charge on any atom is -0.434 e. The first-order valence-corrected chi connectivity index (χ1v) is 5.93. The molecule has 106 valence electrons. The number of aryl methyl sites for hydroxylation is 1. The van der Waals surface area contributed by atoms with Crippen LogP contribution < -0.4 is 15.8 Å². The monoisotopic (exact) mass is 272 g/mol. The molecule has 4 nitrogen and oxygen atoms in total. The number of carbonyl (C=O) groups excluding carboxylic acids is 1. The number of nitrogens with two attached hydrogens (primary N) is 1. The Kier molecular flexibility index (Phi) is 5.23. The number of benzene rings is 1. The van der Waals surface area contributed by atoms with Gasteiger partial charge < -0.3 is 15.8 Å². The van der Waals surface area contributed by atoms with E-state index in [0.717, 1.165) is 0 Å². The van der Waals surface area contributed by atoms with Gasteiger partial charge in [0.05, 0.1) is 6.04 Å². The quantitative estimate of drug-likeness (QED) is 0.865. The molecule has 0 aromatic heterocycles. The van der Waals surface area contributed by atoms with Gasteiger partial charge in [0, 0.05) is 11.8 Å². The van der Waals surface area contributed by atoms with E-state index in [4.69, 9.17) is 5.73 Å². The number of nitrogens with one attached hydrogen (secondary N) is 1. The van der Waals surface area contributed by atoms with Crippen LogP contribution in [0.15, 0.2) is 18.2 Å². The third kappa shape index (κ3) is 4.48. The highest BCUT2D eigenvalue weighted by molar-refractivity contribution is 5.95. The maximum Gasteiger partial charge on any atom is 0.387 e. The van der Waals surface area contributed by atoms with Crippen LogP contribution in [0, 0.1) is 12.8 Å².